The molecule has 98 valence electrons. The van der Waals surface area contributed by atoms with Crippen molar-refractivity contribution < 1.29 is 4.74 Å². The van der Waals surface area contributed by atoms with Crippen molar-refractivity contribution in [2.24, 2.45) is 11.7 Å². The number of halogens is 1. The summed E-state index contributed by atoms with van der Waals surface area (Å²) in [6.07, 6.45) is 7.16. The minimum absolute atomic E-state index is 0. The van der Waals surface area contributed by atoms with E-state index in [0.29, 0.717) is 13.2 Å². The normalized spacial score (nSPS) is 17.4. The lowest BCUT2D eigenvalue weighted by Crippen LogP contribution is -2.30. The van der Waals surface area contributed by atoms with Crippen LogP contribution in [0.2, 0.25) is 0 Å². The molecule has 0 unspecified atom stereocenters. The van der Waals surface area contributed by atoms with Crippen molar-refractivity contribution in [2.75, 3.05) is 39.9 Å². The van der Waals surface area contributed by atoms with Gasteiger partial charge in [-0.25, -0.2) is 0 Å². The van der Waals surface area contributed by atoms with Gasteiger partial charge in [0.1, 0.15) is 0 Å². The molecule has 0 aromatic carbocycles. The van der Waals surface area contributed by atoms with Crippen LogP contribution in [0.3, 0.4) is 0 Å². The molecule has 4 heteroatoms. The van der Waals surface area contributed by atoms with Gasteiger partial charge in [-0.2, -0.15) is 0 Å². The maximum Gasteiger partial charge on any atom is 0.0593 e. The third-order valence-electron chi connectivity index (χ3n) is 3.17. The van der Waals surface area contributed by atoms with E-state index < -0.39 is 0 Å². The Bertz CT molecular complexity index is 152. The lowest BCUT2D eigenvalue weighted by molar-refractivity contribution is 0.109. The van der Waals surface area contributed by atoms with Crippen molar-refractivity contribution in [3.05, 3.63) is 0 Å². The van der Waals surface area contributed by atoms with Crippen molar-refractivity contribution in [3.8, 4) is 0 Å². The lowest BCUT2D eigenvalue weighted by Gasteiger charge is -2.26. The zero-order chi connectivity index (χ0) is 10.9. The first-order valence-electron chi connectivity index (χ1n) is 6.29. The Kier molecular flexibility index (Phi) is 10.4. The van der Waals surface area contributed by atoms with E-state index in [1.165, 1.54) is 38.6 Å². The fourth-order valence-electron chi connectivity index (χ4n) is 2.31. The third kappa shape index (κ3) is 7.44. The van der Waals surface area contributed by atoms with Crippen LogP contribution in [0.4, 0.5) is 0 Å². The zero-order valence-corrected chi connectivity index (χ0v) is 11.3. The van der Waals surface area contributed by atoms with Gasteiger partial charge in [0.2, 0.25) is 0 Å². The molecule has 1 rings (SSSR count). The third-order valence-corrected chi connectivity index (χ3v) is 3.17. The van der Waals surface area contributed by atoms with Gasteiger partial charge in [0.05, 0.1) is 13.2 Å². The van der Waals surface area contributed by atoms with E-state index >= 15 is 0 Å². The molecule has 16 heavy (non-hydrogen) atoms. The summed E-state index contributed by atoms with van der Waals surface area (Å²) >= 11 is 0. The van der Waals surface area contributed by atoms with E-state index in [9.17, 15) is 0 Å². The molecule has 1 fully saturated rings. The fourth-order valence-corrected chi connectivity index (χ4v) is 2.31. The Hall–Kier alpha value is 0.170. The van der Waals surface area contributed by atoms with Crippen LogP contribution in [0.1, 0.15) is 32.1 Å². The molecule has 0 spiro atoms. The Balaban J connectivity index is 0.00000225. The molecule has 1 aliphatic rings. The Morgan fingerprint density at radius 2 is 1.88 bits per heavy atom. The number of likely N-dealkylation sites (N-methyl/N-ethyl adjacent to an activating group) is 1. The smallest absolute Gasteiger partial charge is 0.0593 e. The van der Waals surface area contributed by atoms with Crippen LogP contribution in [-0.2, 0) is 4.74 Å². The highest BCUT2D eigenvalue weighted by Crippen LogP contribution is 2.23. The second kappa shape index (κ2) is 10.3. The molecule has 0 bridgehead atoms. The standard InChI is InChI=1S/C12H26N2O.ClH/c1-14(8-10-15-9-7-13)11-12-5-3-2-4-6-12;/h12H,2-11,13H2,1H3;1H. The van der Waals surface area contributed by atoms with Crippen molar-refractivity contribution in [2.45, 2.75) is 32.1 Å². The molecule has 1 aliphatic carbocycles. The number of nitrogens with two attached hydrogens (primary N) is 1. The fraction of sp³-hybridized carbons (Fsp3) is 1.00. The van der Waals surface area contributed by atoms with Crippen molar-refractivity contribution in [1.82, 2.24) is 4.90 Å². The first kappa shape index (κ1) is 16.2. The molecule has 0 aromatic rings. The molecule has 0 aliphatic heterocycles. The largest absolute Gasteiger partial charge is 0.379 e. The maximum atomic E-state index is 5.38. The predicted molar refractivity (Wildman–Crippen MR) is 71.2 cm³/mol. The summed E-state index contributed by atoms with van der Waals surface area (Å²) in [5, 5.41) is 0. The van der Waals surface area contributed by atoms with Gasteiger partial charge in [-0.1, -0.05) is 19.3 Å². The average molecular weight is 251 g/mol. The Labute approximate surface area is 106 Å². The zero-order valence-electron chi connectivity index (χ0n) is 10.5. The van der Waals surface area contributed by atoms with E-state index in [1.807, 2.05) is 0 Å². The second-order valence-corrected chi connectivity index (χ2v) is 4.67. The van der Waals surface area contributed by atoms with Crippen LogP contribution < -0.4 is 5.73 Å². The minimum Gasteiger partial charge on any atom is -0.379 e. The molecular formula is C12H27ClN2O. The highest BCUT2D eigenvalue weighted by molar-refractivity contribution is 5.85. The quantitative estimate of drug-likeness (QED) is 0.702. The van der Waals surface area contributed by atoms with E-state index in [1.54, 1.807) is 0 Å². The van der Waals surface area contributed by atoms with Crippen LogP contribution in [-0.4, -0.2) is 44.8 Å². The van der Waals surface area contributed by atoms with Gasteiger partial charge < -0.3 is 15.4 Å². The summed E-state index contributed by atoms with van der Waals surface area (Å²) < 4.78 is 5.38. The van der Waals surface area contributed by atoms with Crippen LogP contribution in [0.5, 0.6) is 0 Å². The number of ether oxygens (including phenoxy) is 1. The summed E-state index contributed by atoms with van der Waals surface area (Å²) in [4.78, 5) is 2.40. The van der Waals surface area contributed by atoms with Gasteiger partial charge >= 0.3 is 0 Å². The molecule has 0 aromatic heterocycles. The SMILES string of the molecule is CN(CCOCCN)CC1CCCCC1.Cl. The average Bonchev–Trinajstić information content (AvgIpc) is 2.26. The summed E-state index contributed by atoms with van der Waals surface area (Å²) in [6, 6.07) is 0. The monoisotopic (exact) mass is 250 g/mol. The molecule has 1 saturated carbocycles. The Morgan fingerprint density at radius 1 is 1.19 bits per heavy atom. The first-order chi connectivity index (χ1) is 7.33. The Morgan fingerprint density at radius 3 is 2.50 bits per heavy atom. The summed E-state index contributed by atoms with van der Waals surface area (Å²) in [5.74, 6) is 0.929. The maximum absolute atomic E-state index is 5.38. The van der Waals surface area contributed by atoms with E-state index in [-0.39, 0.29) is 12.4 Å². The van der Waals surface area contributed by atoms with Gasteiger partial charge in [0.25, 0.3) is 0 Å². The highest BCUT2D eigenvalue weighted by Gasteiger charge is 2.14. The molecule has 0 amide bonds. The molecule has 0 radical (unpaired) electrons. The number of hydrogen-bond donors (Lipinski definition) is 1. The summed E-state index contributed by atoms with van der Waals surface area (Å²) in [5.41, 5.74) is 5.36. The lowest BCUT2D eigenvalue weighted by atomic mass is 9.89. The minimum atomic E-state index is 0. The van der Waals surface area contributed by atoms with Gasteiger partial charge in [0.15, 0.2) is 0 Å². The molecule has 2 N–H and O–H groups in total. The summed E-state index contributed by atoms with van der Waals surface area (Å²) in [6.45, 7) is 4.42. The molecule has 0 saturated heterocycles. The van der Waals surface area contributed by atoms with Gasteiger partial charge in [-0.3, -0.25) is 0 Å². The topological polar surface area (TPSA) is 38.5 Å². The van der Waals surface area contributed by atoms with Crippen LogP contribution >= 0.6 is 12.4 Å². The molecule has 3 nitrogen and oxygen atoms in total. The van der Waals surface area contributed by atoms with Crippen LogP contribution in [0.25, 0.3) is 0 Å². The number of rotatable bonds is 7. The van der Waals surface area contributed by atoms with Crippen LogP contribution in [0, 0.1) is 5.92 Å². The van der Waals surface area contributed by atoms with Gasteiger partial charge in [-0.15, -0.1) is 12.4 Å². The summed E-state index contributed by atoms with van der Waals surface area (Å²) in [7, 11) is 2.19. The molecular weight excluding hydrogens is 224 g/mol. The van der Waals surface area contributed by atoms with E-state index in [4.69, 9.17) is 10.5 Å². The van der Waals surface area contributed by atoms with E-state index in [2.05, 4.69) is 11.9 Å². The number of nitrogens with zero attached hydrogens (tertiary/aromatic N) is 1. The van der Waals surface area contributed by atoms with Crippen LogP contribution in [0.15, 0.2) is 0 Å². The molecule has 0 atom stereocenters. The number of hydrogen-bond acceptors (Lipinski definition) is 3. The highest BCUT2D eigenvalue weighted by atomic mass is 35.5. The van der Waals surface area contributed by atoms with Gasteiger partial charge in [-0.05, 0) is 25.8 Å². The second-order valence-electron chi connectivity index (χ2n) is 4.67. The van der Waals surface area contributed by atoms with Crippen molar-refractivity contribution in [3.63, 3.8) is 0 Å². The van der Waals surface area contributed by atoms with Gasteiger partial charge in [0, 0.05) is 19.6 Å². The van der Waals surface area contributed by atoms with Crippen molar-refractivity contribution in [1.29, 1.82) is 0 Å². The predicted octanol–water partition coefficient (Wildman–Crippen LogP) is 1.90. The van der Waals surface area contributed by atoms with Crippen molar-refractivity contribution >= 4 is 12.4 Å². The first-order valence-corrected chi connectivity index (χ1v) is 6.29. The van der Waals surface area contributed by atoms with E-state index in [0.717, 1.165) is 19.1 Å². The molecule has 0 heterocycles.